The van der Waals surface area contributed by atoms with Gasteiger partial charge in [-0.05, 0) is 45.7 Å². The van der Waals surface area contributed by atoms with Crippen molar-refractivity contribution >= 4 is 5.97 Å². The number of aliphatic carboxylic acids is 1. The Bertz CT molecular complexity index is 438. The molecule has 4 nitrogen and oxygen atoms in total. The number of hydrogen-bond donors (Lipinski definition) is 1. The maximum absolute atomic E-state index is 10.7. The molecule has 2 heterocycles. The Morgan fingerprint density at radius 1 is 1.61 bits per heavy atom. The van der Waals surface area contributed by atoms with E-state index in [0.717, 1.165) is 31.0 Å². The third-order valence-corrected chi connectivity index (χ3v) is 3.86. The van der Waals surface area contributed by atoms with Gasteiger partial charge in [0.2, 0.25) is 0 Å². The number of nitrogens with zero attached hydrogens (tertiary/aromatic N) is 1. The second-order valence-corrected chi connectivity index (χ2v) is 5.29. The van der Waals surface area contributed by atoms with E-state index in [-0.39, 0.29) is 6.42 Å². The summed E-state index contributed by atoms with van der Waals surface area (Å²) in [4.78, 5) is 13.1. The number of carboxylic acids is 1. The Hall–Kier alpha value is -1.29. The maximum atomic E-state index is 10.7. The van der Waals surface area contributed by atoms with E-state index in [1.165, 1.54) is 5.56 Å². The Morgan fingerprint density at radius 2 is 2.33 bits per heavy atom. The predicted octanol–water partition coefficient (Wildman–Crippen LogP) is 2.75. The van der Waals surface area contributed by atoms with Crippen molar-refractivity contribution in [2.75, 3.05) is 13.1 Å². The molecule has 0 amide bonds. The molecule has 1 aromatic heterocycles. The van der Waals surface area contributed by atoms with Gasteiger partial charge in [0.05, 0.1) is 0 Å². The molecule has 18 heavy (non-hydrogen) atoms. The fourth-order valence-corrected chi connectivity index (χ4v) is 2.89. The molecule has 1 aliphatic rings. The number of rotatable bonds is 4. The largest absolute Gasteiger partial charge is 0.481 e. The Labute approximate surface area is 108 Å². The number of carboxylic acid groups (broad SMARTS) is 1. The normalized spacial score (nSPS) is 22.3. The maximum Gasteiger partial charge on any atom is 0.303 e. The highest BCUT2D eigenvalue weighted by Crippen LogP contribution is 2.31. The van der Waals surface area contributed by atoms with Crippen LogP contribution in [0.2, 0.25) is 0 Å². The molecule has 1 fully saturated rings. The van der Waals surface area contributed by atoms with Crippen LogP contribution in [0.3, 0.4) is 0 Å². The van der Waals surface area contributed by atoms with Crippen LogP contribution in [0.1, 0.15) is 42.9 Å². The lowest BCUT2D eigenvalue weighted by Crippen LogP contribution is -2.25. The van der Waals surface area contributed by atoms with Crippen LogP contribution in [0, 0.1) is 19.8 Å². The van der Waals surface area contributed by atoms with Gasteiger partial charge >= 0.3 is 5.97 Å². The van der Waals surface area contributed by atoms with E-state index in [4.69, 9.17) is 9.52 Å². The lowest BCUT2D eigenvalue weighted by molar-refractivity contribution is -0.138. The Balaban J connectivity index is 2.01. The van der Waals surface area contributed by atoms with Crippen molar-refractivity contribution in [2.45, 2.75) is 39.7 Å². The van der Waals surface area contributed by atoms with Gasteiger partial charge in [-0.2, -0.15) is 0 Å². The minimum Gasteiger partial charge on any atom is -0.481 e. The van der Waals surface area contributed by atoms with Crippen LogP contribution >= 0.6 is 0 Å². The highest BCUT2D eigenvalue weighted by atomic mass is 16.4. The Kier molecular flexibility index (Phi) is 3.76. The second-order valence-electron chi connectivity index (χ2n) is 5.29. The topological polar surface area (TPSA) is 53.7 Å². The van der Waals surface area contributed by atoms with Gasteiger partial charge in [-0.3, -0.25) is 9.69 Å². The fourth-order valence-electron chi connectivity index (χ4n) is 2.89. The van der Waals surface area contributed by atoms with Gasteiger partial charge in [-0.15, -0.1) is 0 Å². The molecule has 0 saturated carbocycles. The Morgan fingerprint density at radius 3 is 2.89 bits per heavy atom. The first-order chi connectivity index (χ1) is 8.47. The average molecular weight is 251 g/mol. The van der Waals surface area contributed by atoms with E-state index in [9.17, 15) is 4.79 Å². The van der Waals surface area contributed by atoms with Gasteiger partial charge in [0.15, 0.2) is 0 Å². The number of carbonyl (C=O) groups is 1. The predicted molar refractivity (Wildman–Crippen MR) is 68.5 cm³/mol. The number of likely N-dealkylation sites (tertiary alicyclic amines) is 1. The van der Waals surface area contributed by atoms with Gasteiger partial charge < -0.3 is 9.52 Å². The molecule has 1 saturated heterocycles. The van der Waals surface area contributed by atoms with Crippen LogP contribution in [0.15, 0.2) is 10.5 Å². The standard InChI is InChI=1S/C14H21NO3/c1-9-6-13(11(3)18-9)10(2)15-5-4-12(8-15)7-14(16)17/h6,10,12H,4-5,7-8H2,1-3H3,(H,16,17). The summed E-state index contributed by atoms with van der Waals surface area (Å²) in [5.74, 6) is 1.51. The van der Waals surface area contributed by atoms with Crippen LogP contribution in [0.4, 0.5) is 0 Å². The van der Waals surface area contributed by atoms with Crippen molar-refractivity contribution in [3.63, 3.8) is 0 Å². The van der Waals surface area contributed by atoms with Crippen LogP contribution < -0.4 is 0 Å². The van der Waals surface area contributed by atoms with Gasteiger partial charge in [0.1, 0.15) is 11.5 Å². The van der Waals surface area contributed by atoms with E-state index in [2.05, 4.69) is 17.9 Å². The molecule has 1 aromatic rings. The summed E-state index contributed by atoms with van der Waals surface area (Å²) in [5, 5.41) is 8.83. The average Bonchev–Trinajstić information content (AvgIpc) is 2.84. The number of furan rings is 1. The van der Waals surface area contributed by atoms with E-state index in [1.807, 2.05) is 13.8 Å². The van der Waals surface area contributed by atoms with Crippen molar-refractivity contribution in [1.29, 1.82) is 0 Å². The molecule has 1 N–H and O–H groups in total. The van der Waals surface area contributed by atoms with Gasteiger partial charge in [-0.1, -0.05) is 0 Å². The van der Waals surface area contributed by atoms with Crippen LogP contribution in [0.25, 0.3) is 0 Å². The summed E-state index contributed by atoms with van der Waals surface area (Å²) < 4.78 is 5.57. The van der Waals surface area contributed by atoms with E-state index >= 15 is 0 Å². The van der Waals surface area contributed by atoms with Crippen LogP contribution in [-0.2, 0) is 4.79 Å². The molecular formula is C14H21NO3. The summed E-state index contributed by atoms with van der Waals surface area (Å²) >= 11 is 0. The summed E-state index contributed by atoms with van der Waals surface area (Å²) in [6.07, 6.45) is 1.26. The minimum absolute atomic E-state index is 0.284. The highest BCUT2D eigenvalue weighted by Gasteiger charge is 2.29. The zero-order valence-electron chi connectivity index (χ0n) is 11.3. The van der Waals surface area contributed by atoms with Crippen molar-refractivity contribution < 1.29 is 14.3 Å². The molecule has 4 heteroatoms. The first-order valence-electron chi connectivity index (χ1n) is 6.50. The zero-order chi connectivity index (χ0) is 13.3. The zero-order valence-corrected chi connectivity index (χ0v) is 11.3. The summed E-state index contributed by atoms with van der Waals surface area (Å²) in [5.41, 5.74) is 1.23. The molecule has 0 aliphatic carbocycles. The molecule has 0 aromatic carbocycles. The highest BCUT2D eigenvalue weighted by molar-refractivity contribution is 5.67. The molecule has 0 spiro atoms. The fraction of sp³-hybridized carbons (Fsp3) is 0.643. The quantitative estimate of drug-likeness (QED) is 0.894. The smallest absolute Gasteiger partial charge is 0.303 e. The van der Waals surface area contributed by atoms with E-state index in [0.29, 0.717) is 12.0 Å². The van der Waals surface area contributed by atoms with Crippen molar-refractivity contribution in [1.82, 2.24) is 4.90 Å². The lowest BCUT2D eigenvalue weighted by Gasteiger charge is -2.23. The molecule has 2 unspecified atom stereocenters. The monoisotopic (exact) mass is 251 g/mol. The molecule has 0 radical (unpaired) electrons. The molecule has 1 aliphatic heterocycles. The summed E-state index contributed by atoms with van der Waals surface area (Å²) in [6.45, 7) is 7.96. The lowest BCUT2D eigenvalue weighted by atomic mass is 10.1. The van der Waals surface area contributed by atoms with Gasteiger partial charge in [0, 0.05) is 24.6 Å². The van der Waals surface area contributed by atoms with Crippen molar-refractivity contribution in [2.24, 2.45) is 5.92 Å². The summed E-state index contributed by atoms with van der Waals surface area (Å²) in [7, 11) is 0. The van der Waals surface area contributed by atoms with Gasteiger partial charge in [0.25, 0.3) is 0 Å². The molecule has 2 atom stereocenters. The third kappa shape index (κ3) is 2.75. The molecule has 0 bridgehead atoms. The minimum atomic E-state index is -0.690. The van der Waals surface area contributed by atoms with Gasteiger partial charge in [-0.25, -0.2) is 0 Å². The molecule has 100 valence electrons. The van der Waals surface area contributed by atoms with Crippen molar-refractivity contribution in [3.05, 3.63) is 23.2 Å². The number of aryl methyl sites for hydroxylation is 2. The third-order valence-electron chi connectivity index (χ3n) is 3.86. The van der Waals surface area contributed by atoms with Crippen molar-refractivity contribution in [3.8, 4) is 0 Å². The SMILES string of the molecule is Cc1cc(C(C)N2CCC(CC(=O)O)C2)c(C)o1. The van der Waals surface area contributed by atoms with E-state index in [1.54, 1.807) is 0 Å². The molecule has 2 rings (SSSR count). The number of hydrogen-bond acceptors (Lipinski definition) is 3. The van der Waals surface area contributed by atoms with Crippen LogP contribution in [0.5, 0.6) is 0 Å². The molecular weight excluding hydrogens is 230 g/mol. The van der Waals surface area contributed by atoms with Crippen LogP contribution in [-0.4, -0.2) is 29.1 Å². The first kappa shape index (κ1) is 13.1. The first-order valence-corrected chi connectivity index (χ1v) is 6.50. The van der Waals surface area contributed by atoms with E-state index < -0.39 is 5.97 Å². The second kappa shape index (κ2) is 5.14. The summed E-state index contributed by atoms with van der Waals surface area (Å²) in [6, 6.07) is 2.39.